The Labute approximate surface area is 194 Å². The van der Waals surface area contributed by atoms with Crippen molar-refractivity contribution in [1.82, 2.24) is 4.90 Å². The number of hydrogen-bond acceptors (Lipinski definition) is 3. The van der Waals surface area contributed by atoms with Crippen molar-refractivity contribution in [3.8, 4) is 5.75 Å². The number of aryl methyl sites for hydroxylation is 1. The van der Waals surface area contributed by atoms with Gasteiger partial charge in [0.25, 0.3) is 0 Å². The highest BCUT2D eigenvalue weighted by Crippen LogP contribution is 2.69. The second kappa shape index (κ2) is 8.80. The Hall–Kier alpha value is -1.32. The Kier molecular flexibility index (Phi) is 6.18. The summed E-state index contributed by atoms with van der Waals surface area (Å²) < 4.78 is 0. The molecule has 1 saturated heterocycles. The fraction of sp³-hybridized carbons (Fsp3) is 0.724. The molecule has 176 valence electrons. The van der Waals surface area contributed by atoms with Gasteiger partial charge < -0.3 is 15.1 Å². The molecule has 0 unspecified atom stereocenters. The molecule has 0 bridgehead atoms. The minimum Gasteiger partial charge on any atom is -0.508 e. The Balaban J connectivity index is 1.39. The molecular weight excluding hydrogens is 394 g/mol. The summed E-state index contributed by atoms with van der Waals surface area (Å²) in [6.07, 6.45) is 15.3. The fourth-order valence-corrected chi connectivity index (χ4v) is 8.62. The maximum atomic E-state index is 11.1. The number of rotatable bonds is 7. The summed E-state index contributed by atoms with van der Waals surface area (Å²) in [6.45, 7) is 10.7. The predicted molar refractivity (Wildman–Crippen MR) is 131 cm³/mol. The Morgan fingerprint density at radius 2 is 1.97 bits per heavy atom. The highest BCUT2D eigenvalue weighted by Gasteiger charge is 2.63. The zero-order chi connectivity index (χ0) is 22.3. The topological polar surface area (TPSA) is 43.7 Å². The number of aliphatic hydroxyl groups is 1. The van der Waals surface area contributed by atoms with Gasteiger partial charge in [0.1, 0.15) is 5.75 Å². The van der Waals surface area contributed by atoms with Gasteiger partial charge in [-0.25, -0.2) is 0 Å². The number of aromatic hydroxyl groups is 1. The number of nitrogens with zero attached hydrogens (tertiary/aromatic N) is 1. The maximum absolute atomic E-state index is 11.1. The molecule has 0 amide bonds. The Morgan fingerprint density at radius 1 is 1.16 bits per heavy atom. The van der Waals surface area contributed by atoms with Crippen LogP contribution in [-0.2, 0) is 6.42 Å². The summed E-state index contributed by atoms with van der Waals surface area (Å²) in [5.41, 5.74) is 2.89. The zero-order valence-electron chi connectivity index (χ0n) is 20.1. The monoisotopic (exact) mass is 437 g/mol. The van der Waals surface area contributed by atoms with E-state index >= 15 is 0 Å². The van der Waals surface area contributed by atoms with Crippen LogP contribution in [0.4, 0.5) is 0 Å². The molecule has 32 heavy (non-hydrogen) atoms. The molecule has 3 fully saturated rings. The highest BCUT2D eigenvalue weighted by atomic mass is 16.3. The second-order valence-corrected chi connectivity index (χ2v) is 11.7. The van der Waals surface area contributed by atoms with Crippen LogP contribution in [0.2, 0.25) is 0 Å². The lowest BCUT2D eigenvalue weighted by atomic mass is 9.44. The lowest BCUT2D eigenvalue weighted by Crippen LogP contribution is -2.54. The summed E-state index contributed by atoms with van der Waals surface area (Å²) in [7, 11) is 0. The number of hydrogen-bond donors (Lipinski definition) is 2. The standard InChI is InChI=1S/C29H43NO2/c1-3-29-15-14-21-19-23(31)10-11-24(21)27(29)22(20-28(2)25(29)12-13-26(28)32)9-5-4-6-16-30-17-7-8-18-30/h3,10-11,19,22,25-27,31-32H,1,4-9,12-18,20H2,2H3/t22-,25+,26-,27+,28-,29-/m0/s1. The normalized spacial score (nSPS) is 38.8. The molecule has 1 heterocycles. The lowest BCUT2D eigenvalue weighted by molar-refractivity contribution is -0.0812. The quantitative estimate of drug-likeness (QED) is 0.403. The van der Waals surface area contributed by atoms with Gasteiger partial charge in [-0.15, -0.1) is 6.58 Å². The minimum absolute atomic E-state index is 0.0132. The molecule has 3 aliphatic carbocycles. The third kappa shape index (κ3) is 3.64. The van der Waals surface area contributed by atoms with Crippen LogP contribution in [0.25, 0.3) is 0 Å². The smallest absolute Gasteiger partial charge is 0.115 e. The van der Waals surface area contributed by atoms with Gasteiger partial charge in [-0.05, 0) is 129 Å². The molecule has 0 spiro atoms. The van der Waals surface area contributed by atoms with Gasteiger partial charge in [-0.2, -0.15) is 0 Å². The molecule has 2 N–H and O–H groups in total. The average molecular weight is 438 g/mol. The van der Waals surface area contributed by atoms with Crippen LogP contribution < -0.4 is 0 Å². The number of aliphatic hydroxyl groups excluding tert-OH is 1. The first-order chi connectivity index (χ1) is 15.5. The molecule has 5 rings (SSSR count). The van der Waals surface area contributed by atoms with Crippen molar-refractivity contribution in [2.24, 2.45) is 22.7 Å². The predicted octanol–water partition coefficient (Wildman–Crippen LogP) is 6.05. The molecule has 1 aliphatic heterocycles. The second-order valence-electron chi connectivity index (χ2n) is 11.7. The summed E-state index contributed by atoms with van der Waals surface area (Å²) in [4.78, 5) is 2.63. The van der Waals surface area contributed by atoms with Crippen molar-refractivity contribution in [1.29, 1.82) is 0 Å². The lowest BCUT2D eigenvalue weighted by Gasteiger charge is -2.60. The van der Waals surface area contributed by atoms with E-state index in [2.05, 4.69) is 30.5 Å². The van der Waals surface area contributed by atoms with Gasteiger partial charge >= 0.3 is 0 Å². The molecule has 4 aliphatic rings. The number of phenols is 1. The first kappa shape index (κ1) is 22.5. The molecule has 2 saturated carbocycles. The molecule has 0 aromatic heterocycles. The van der Waals surface area contributed by atoms with Gasteiger partial charge in [-0.1, -0.05) is 31.9 Å². The fourth-order valence-electron chi connectivity index (χ4n) is 8.62. The average Bonchev–Trinajstić information content (AvgIpc) is 3.41. The molecule has 1 aromatic rings. The van der Waals surface area contributed by atoms with E-state index in [1.807, 2.05) is 12.1 Å². The largest absolute Gasteiger partial charge is 0.508 e. The van der Waals surface area contributed by atoms with Crippen molar-refractivity contribution in [2.45, 2.75) is 89.6 Å². The molecule has 3 nitrogen and oxygen atoms in total. The van der Waals surface area contributed by atoms with Crippen LogP contribution >= 0.6 is 0 Å². The van der Waals surface area contributed by atoms with Crippen LogP contribution in [0.3, 0.4) is 0 Å². The summed E-state index contributed by atoms with van der Waals surface area (Å²) in [6, 6.07) is 6.11. The number of unbranched alkanes of at least 4 members (excludes halogenated alkanes) is 2. The molecule has 3 heteroatoms. The number of fused-ring (bicyclic) bond motifs is 5. The van der Waals surface area contributed by atoms with E-state index in [0.29, 0.717) is 23.5 Å². The first-order valence-corrected chi connectivity index (χ1v) is 13.3. The minimum atomic E-state index is -0.177. The van der Waals surface area contributed by atoms with Gasteiger partial charge in [0.2, 0.25) is 0 Å². The number of likely N-dealkylation sites (tertiary alicyclic amines) is 1. The highest BCUT2D eigenvalue weighted by molar-refractivity contribution is 5.43. The summed E-state index contributed by atoms with van der Waals surface area (Å²) in [5.74, 6) is 1.97. The SMILES string of the molecule is C=C[C@@]12CCc3cc(O)ccc3[C@H]1[C@@H](CCCCCN1CCCC1)C[C@@]1(C)[C@H]2CC[C@@H]1O. The summed E-state index contributed by atoms with van der Waals surface area (Å²) >= 11 is 0. The Morgan fingerprint density at radius 3 is 2.75 bits per heavy atom. The van der Waals surface area contributed by atoms with Crippen LogP contribution in [0.1, 0.15) is 88.2 Å². The Bertz CT molecular complexity index is 830. The van der Waals surface area contributed by atoms with Crippen molar-refractivity contribution in [3.63, 3.8) is 0 Å². The molecule has 0 radical (unpaired) electrons. The van der Waals surface area contributed by atoms with E-state index in [4.69, 9.17) is 0 Å². The third-order valence-electron chi connectivity index (χ3n) is 10.1. The van der Waals surface area contributed by atoms with Crippen molar-refractivity contribution < 1.29 is 10.2 Å². The number of phenolic OH excluding ortho intramolecular Hbond substituents is 1. The van der Waals surface area contributed by atoms with E-state index in [0.717, 1.165) is 32.1 Å². The van der Waals surface area contributed by atoms with E-state index in [1.165, 1.54) is 69.3 Å². The van der Waals surface area contributed by atoms with Crippen molar-refractivity contribution in [2.75, 3.05) is 19.6 Å². The van der Waals surface area contributed by atoms with E-state index in [9.17, 15) is 10.2 Å². The van der Waals surface area contributed by atoms with Gasteiger partial charge in [0.05, 0.1) is 6.10 Å². The third-order valence-corrected chi connectivity index (χ3v) is 10.1. The van der Waals surface area contributed by atoms with E-state index < -0.39 is 0 Å². The van der Waals surface area contributed by atoms with Crippen LogP contribution in [0.15, 0.2) is 30.9 Å². The summed E-state index contributed by atoms with van der Waals surface area (Å²) in [5, 5.41) is 21.2. The van der Waals surface area contributed by atoms with Gasteiger partial charge in [0.15, 0.2) is 0 Å². The maximum Gasteiger partial charge on any atom is 0.115 e. The van der Waals surface area contributed by atoms with E-state index in [1.54, 1.807) is 0 Å². The van der Waals surface area contributed by atoms with Gasteiger partial charge in [-0.3, -0.25) is 0 Å². The van der Waals surface area contributed by atoms with Crippen LogP contribution in [0.5, 0.6) is 5.75 Å². The van der Waals surface area contributed by atoms with Crippen LogP contribution in [0, 0.1) is 22.7 Å². The van der Waals surface area contributed by atoms with Crippen molar-refractivity contribution in [3.05, 3.63) is 42.0 Å². The van der Waals surface area contributed by atoms with Crippen molar-refractivity contribution >= 4 is 0 Å². The van der Waals surface area contributed by atoms with Crippen LogP contribution in [-0.4, -0.2) is 40.9 Å². The molecule has 6 atom stereocenters. The number of benzene rings is 1. The molecular formula is C29H43NO2. The van der Waals surface area contributed by atoms with Gasteiger partial charge in [0, 0.05) is 0 Å². The number of allylic oxidation sites excluding steroid dienone is 1. The first-order valence-electron chi connectivity index (χ1n) is 13.3. The van der Waals surface area contributed by atoms with E-state index in [-0.39, 0.29) is 16.9 Å². The molecule has 1 aromatic carbocycles. The zero-order valence-corrected chi connectivity index (χ0v) is 20.1.